The highest BCUT2D eigenvalue weighted by Gasteiger charge is 2.43. The molecule has 19 heavy (non-hydrogen) atoms. The van der Waals surface area contributed by atoms with E-state index in [4.69, 9.17) is 4.74 Å². The first-order chi connectivity index (χ1) is 9.11. The lowest BCUT2D eigenvalue weighted by Gasteiger charge is -2.40. The summed E-state index contributed by atoms with van der Waals surface area (Å²) >= 11 is 0. The molecular weight excluding hydrogens is 240 g/mol. The molecular formula is C15H22N2O2. The maximum absolute atomic E-state index is 12.5. The van der Waals surface area contributed by atoms with E-state index >= 15 is 0 Å². The second-order valence-electron chi connectivity index (χ2n) is 5.32. The number of carbonyl (C=O) groups is 1. The van der Waals surface area contributed by atoms with E-state index in [1.54, 1.807) is 7.11 Å². The Hall–Kier alpha value is -1.55. The van der Waals surface area contributed by atoms with Crippen molar-refractivity contribution in [1.29, 1.82) is 0 Å². The topological polar surface area (TPSA) is 50.4 Å². The maximum Gasteiger partial charge on any atom is 0.231 e. The van der Waals surface area contributed by atoms with Crippen LogP contribution in [0.3, 0.4) is 0 Å². The molecule has 4 nitrogen and oxygen atoms in total. The van der Waals surface area contributed by atoms with E-state index in [0.717, 1.165) is 37.1 Å². The molecule has 1 aromatic rings. The molecule has 0 saturated heterocycles. The summed E-state index contributed by atoms with van der Waals surface area (Å²) < 4.78 is 5.30. The van der Waals surface area contributed by atoms with Crippen LogP contribution in [-0.2, 0) is 4.79 Å². The van der Waals surface area contributed by atoms with Crippen LogP contribution >= 0.6 is 0 Å². The molecule has 4 heteroatoms. The minimum absolute atomic E-state index is 0.0944. The smallest absolute Gasteiger partial charge is 0.231 e. The van der Waals surface area contributed by atoms with Crippen molar-refractivity contribution in [1.82, 2.24) is 5.32 Å². The summed E-state index contributed by atoms with van der Waals surface area (Å²) in [7, 11) is 3.51. The molecule has 0 spiro atoms. The maximum atomic E-state index is 12.5. The van der Waals surface area contributed by atoms with Crippen molar-refractivity contribution in [2.45, 2.75) is 26.2 Å². The van der Waals surface area contributed by atoms with Gasteiger partial charge in [0.25, 0.3) is 0 Å². The first-order valence-corrected chi connectivity index (χ1v) is 6.72. The van der Waals surface area contributed by atoms with Gasteiger partial charge in [0.15, 0.2) is 0 Å². The first-order valence-electron chi connectivity index (χ1n) is 6.72. The number of nitrogens with one attached hydrogen (secondary N) is 2. The molecule has 0 heterocycles. The third kappa shape index (κ3) is 2.73. The van der Waals surface area contributed by atoms with Crippen LogP contribution in [-0.4, -0.2) is 26.6 Å². The van der Waals surface area contributed by atoms with Crippen LogP contribution in [0.25, 0.3) is 0 Å². The average molecular weight is 262 g/mol. The predicted molar refractivity (Wildman–Crippen MR) is 76.6 cm³/mol. The van der Waals surface area contributed by atoms with Crippen LogP contribution in [0.1, 0.15) is 24.8 Å². The lowest BCUT2D eigenvalue weighted by Crippen LogP contribution is -2.48. The van der Waals surface area contributed by atoms with Crippen molar-refractivity contribution in [3.8, 4) is 5.75 Å². The monoisotopic (exact) mass is 262 g/mol. The zero-order chi connectivity index (χ0) is 13.9. The highest BCUT2D eigenvalue weighted by Crippen LogP contribution is 2.41. The van der Waals surface area contributed by atoms with E-state index in [-0.39, 0.29) is 11.3 Å². The van der Waals surface area contributed by atoms with Gasteiger partial charge in [0.05, 0.1) is 18.2 Å². The number of benzene rings is 1. The van der Waals surface area contributed by atoms with Crippen molar-refractivity contribution in [3.05, 3.63) is 23.8 Å². The highest BCUT2D eigenvalue weighted by atomic mass is 16.5. The van der Waals surface area contributed by atoms with Gasteiger partial charge in [-0.15, -0.1) is 0 Å². The largest absolute Gasteiger partial charge is 0.495 e. The Bertz CT molecular complexity index is 467. The van der Waals surface area contributed by atoms with E-state index in [0.29, 0.717) is 5.75 Å². The lowest BCUT2D eigenvalue weighted by atomic mass is 9.68. The average Bonchev–Trinajstić information content (AvgIpc) is 2.34. The number of amides is 1. The number of methoxy groups -OCH3 is 1. The Balaban J connectivity index is 2.16. The van der Waals surface area contributed by atoms with Gasteiger partial charge in [-0.2, -0.15) is 0 Å². The number of aryl methyl sites for hydroxylation is 1. The molecule has 2 rings (SSSR count). The SMILES string of the molecule is CNCC1(C(=O)Nc2cc(C)ccc2OC)CCC1. The molecule has 1 amide bonds. The molecule has 0 aromatic heterocycles. The summed E-state index contributed by atoms with van der Waals surface area (Å²) in [4.78, 5) is 12.5. The van der Waals surface area contributed by atoms with Crippen LogP contribution < -0.4 is 15.4 Å². The van der Waals surface area contributed by atoms with Crippen molar-refractivity contribution in [2.75, 3.05) is 26.0 Å². The Kier molecular flexibility index (Phi) is 4.10. The number of carbonyl (C=O) groups excluding carboxylic acids is 1. The number of rotatable bonds is 5. The Morgan fingerprint density at radius 2 is 2.16 bits per heavy atom. The molecule has 0 unspecified atom stereocenters. The minimum Gasteiger partial charge on any atom is -0.495 e. The molecule has 0 radical (unpaired) electrons. The molecule has 1 aliphatic carbocycles. The van der Waals surface area contributed by atoms with E-state index in [9.17, 15) is 4.79 Å². The second kappa shape index (κ2) is 5.61. The number of hydrogen-bond acceptors (Lipinski definition) is 3. The van der Waals surface area contributed by atoms with Gasteiger partial charge >= 0.3 is 0 Å². The summed E-state index contributed by atoms with van der Waals surface area (Å²) in [6.07, 6.45) is 3.03. The zero-order valence-electron chi connectivity index (χ0n) is 11.9. The molecule has 1 aliphatic rings. The Labute approximate surface area is 114 Å². The van der Waals surface area contributed by atoms with Gasteiger partial charge < -0.3 is 15.4 Å². The molecule has 1 aromatic carbocycles. The number of anilines is 1. The lowest BCUT2D eigenvalue weighted by molar-refractivity contribution is -0.129. The van der Waals surface area contributed by atoms with Crippen LogP contribution in [0.15, 0.2) is 18.2 Å². The van der Waals surface area contributed by atoms with Crippen LogP contribution in [0.4, 0.5) is 5.69 Å². The molecule has 104 valence electrons. The molecule has 2 N–H and O–H groups in total. The Morgan fingerprint density at radius 3 is 2.68 bits per heavy atom. The molecule has 1 saturated carbocycles. The van der Waals surface area contributed by atoms with Crippen molar-refractivity contribution >= 4 is 11.6 Å². The van der Waals surface area contributed by atoms with E-state index in [1.165, 1.54) is 0 Å². The van der Waals surface area contributed by atoms with Gasteiger partial charge in [-0.1, -0.05) is 12.5 Å². The minimum atomic E-state index is -0.247. The Morgan fingerprint density at radius 1 is 1.42 bits per heavy atom. The molecule has 0 atom stereocenters. The van der Waals surface area contributed by atoms with Gasteiger partial charge in [0.1, 0.15) is 5.75 Å². The first kappa shape index (κ1) is 13.9. The summed E-state index contributed by atoms with van der Waals surface area (Å²) in [6.45, 7) is 2.73. The third-order valence-electron chi connectivity index (χ3n) is 3.91. The predicted octanol–water partition coefficient (Wildman–Crippen LogP) is 2.33. The standard InChI is InChI=1S/C15H22N2O2/c1-11-5-6-13(19-3)12(9-11)17-14(18)15(10-16-2)7-4-8-15/h5-6,9,16H,4,7-8,10H2,1-3H3,(H,17,18). The van der Waals surface area contributed by atoms with Gasteiger partial charge in [-0.05, 0) is 44.5 Å². The van der Waals surface area contributed by atoms with Crippen molar-refractivity contribution in [3.63, 3.8) is 0 Å². The van der Waals surface area contributed by atoms with Gasteiger partial charge in [0.2, 0.25) is 5.91 Å². The quantitative estimate of drug-likeness (QED) is 0.856. The van der Waals surface area contributed by atoms with Crippen molar-refractivity contribution in [2.24, 2.45) is 5.41 Å². The van der Waals surface area contributed by atoms with E-state index < -0.39 is 0 Å². The summed E-state index contributed by atoms with van der Waals surface area (Å²) in [5.41, 5.74) is 1.62. The summed E-state index contributed by atoms with van der Waals surface area (Å²) in [6, 6.07) is 5.81. The molecule has 0 aliphatic heterocycles. The zero-order valence-corrected chi connectivity index (χ0v) is 11.9. The second-order valence-corrected chi connectivity index (χ2v) is 5.32. The van der Waals surface area contributed by atoms with Crippen LogP contribution in [0, 0.1) is 12.3 Å². The van der Waals surface area contributed by atoms with Crippen LogP contribution in [0.2, 0.25) is 0 Å². The van der Waals surface area contributed by atoms with Gasteiger partial charge in [-0.25, -0.2) is 0 Å². The number of hydrogen-bond donors (Lipinski definition) is 2. The van der Waals surface area contributed by atoms with Crippen LogP contribution in [0.5, 0.6) is 5.75 Å². The molecule has 0 bridgehead atoms. The van der Waals surface area contributed by atoms with E-state index in [2.05, 4.69) is 10.6 Å². The van der Waals surface area contributed by atoms with Gasteiger partial charge in [-0.3, -0.25) is 4.79 Å². The highest BCUT2D eigenvalue weighted by molar-refractivity contribution is 5.97. The summed E-state index contributed by atoms with van der Waals surface area (Å²) in [5.74, 6) is 0.801. The summed E-state index contributed by atoms with van der Waals surface area (Å²) in [5, 5.41) is 6.15. The van der Waals surface area contributed by atoms with Crippen molar-refractivity contribution < 1.29 is 9.53 Å². The fourth-order valence-corrected chi connectivity index (χ4v) is 2.60. The van der Waals surface area contributed by atoms with Gasteiger partial charge in [0, 0.05) is 6.54 Å². The fraction of sp³-hybridized carbons (Fsp3) is 0.533. The number of ether oxygens (including phenoxy) is 1. The molecule has 1 fully saturated rings. The fourth-order valence-electron chi connectivity index (χ4n) is 2.60. The van der Waals surface area contributed by atoms with E-state index in [1.807, 2.05) is 32.2 Å². The normalized spacial score (nSPS) is 16.6. The third-order valence-corrected chi connectivity index (χ3v) is 3.91.